The summed E-state index contributed by atoms with van der Waals surface area (Å²) in [5.41, 5.74) is 2.63. The van der Waals surface area contributed by atoms with Crippen LogP contribution < -0.4 is 0 Å². The maximum atomic E-state index is 13.8. The Morgan fingerprint density at radius 1 is 0.969 bits per heavy atom. The molecule has 0 saturated heterocycles. The molecular weight excluding hydrogens is 412 g/mol. The number of benzene rings is 1. The maximum absolute atomic E-state index is 13.8. The lowest BCUT2D eigenvalue weighted by molar-refractivity contribution is -0.0820. The minimum absolute atomic E-state index is 0.162. The van der Waals surface area contributed by atoms with Gasteiger partial charge in [0.15, 0.2) is 0 Å². The fourth-order valence-electron chi connectivity index (χ4n) is 6.04. The lowest BCUT2D eigenvalue weighted by atomic mass is 9.74. The number of aryl methyl sites for hydroxylation is 1. The summed E-state index contributed by atoms with van der Waals surface area (Å²) in [7, 11) is 0. The number of halogens is 4. The molecule has 0 spiro atoms. The maximum Gasteiger partial charge on any atom is 0.412 e. The van der Waals surface area contributed by atoms with E-state index in [0.29, 0.717) is 18.8 Å². The molecule has 0 bridgehead atoms. The molecule has 1 aromatic rings. The van der Waals surface area contributed by atoms with Crippen molar-refractivity contribution in [2.24, 2.45) is 23.7 Å². The highest BCUT2D eigenvalue weighted by atomic mass is 19.4. The Morgan fingerprint density at radius 3 is 2.16 bits per heavy atom. The Morgan fingerprint density at radius 2 is 1.59 bits per heavy atom. The van der Waals surface area contributed by atoms with E-state index in [9.17, 15) is 17.6 Å². The molecule has 0 radical (unpaired) electrons. The lowest BCUT2D eigenvalue weighted by Gasteiger charge is -2.32. The highest BCUT2D eigenvalue weighted by molar-refractivity contribution is 5.26. The van der Waals surface area contributed by atoms with Gasteiger partial charge in [-0.25, -0.2) is 4.39 Å². The van der Waals surface area contributed by atoms with Crippen LogP contribution in [0.3, 0.4) is 0 Å². The van der Waals surface area contributed by atoms with Gasteiger partial charge in [0.05, 0.1) is 6.08 Å². The van der Waals surface area contributed by atoms with Gasteiger partial charge in [-0.3, -0.25) is 0 Å². The van der Waals surface area contributed by atoms with E-state index in [-0.39, 0.29) is 6.08 Å². The second-order valence-corrected chi connectivity index (χ2v) is 10.4. The van der Waals surface area contributed by atoms with Gasteiger partial charge >= 0.3 is 6.18 Å². The minimum atomic E-state index is -4.57. The summed E-state index contributed by atoms with van der Waals surface area (Å²) in [6.07, 6.45) is 8.35. The van der Waals surface area contributed by atoms with Crippen LogP contribution in [0.5, 0.6) is 0 Å². The van der Waals surface area contributed by atoms with Gasteiger partial charge in [0.2, 0.25) is 0 Å². The molecule has 0 amide bonds. The van der Waals surface area contributed by atoms with Crippen molar-refractivity contribution in [3.05, 3.63) is 47.3 Å². The Kier molecular flexibility index (Phi) is 9.25. The summed E-state index contributed by atoms with van der Waals surface area (Å²) in [5, 5.41) is 0. The van der Waals surface area contributed by atoms with Gasteiger partial charge in [-0.2, -0.15) is 13.2 Å². The van der Waals surface area contributed by atoms with Gasteiger partial charge in [0, 0.05) is 5.92 Å². The second kappa shape index (κ2) is 11.7. The Labute approximate surface area is 191 Å². The normalized spacial score (nSPS) is 28.5. The van der Waals surface area contributed by atoms with E-state index >= 15 is 0 Å². The van der Waals surface area contributed by atoms with E-state index < -0.39 is 17.9 Å². The first-order chi connectivity index (χ1) is 15.2. The molecule has 1 atom stereocenters. The second-order valence-electron chi connectivity index (χ2n) is 10.4. The van der Waals surface area contributed by atoms with E-state index in [4.69, 9.17) is 0 Å². The standard InChI is InChI=1S/C28H40F4/c1-3-4-20(2)23-11-7-21(8-12-23)5-6-22-9-13-24(14-10-22)25-15-17-26(18-16-25)27(29)19-28(30,31)32/h9-10,13-14,19-21,23,25-26H,3-8,11-12,15-18H2,1-2H3/b27-19-. The Hall–Kier alpha value is -1.32. The van der Waals surface area contributed by atoms with Crippen LogP contribution in [-0.4, -0.2) is 6.18 Å². The van der Waals surface area contributed by atoms with Crippen molar-refractivity contribution in [3.8, 4) is 0 Å². The van der Waals surface area contributed by atoms with Crippen LogP contribution in [0.1, 0.15) is 102 Å². The van der Waals surface area contributed by atoms with E-state index in [1.807, 2.05) is 0 Å². The van der Waals surface area contributed by atoms with Crippen LogP contribution in [0.4, 0.5) is 17.6 Å². The first-order valence-corrected chi connectivity index (χ1v) is 12.8. The zero-order valence-electron chi connectivity index (χ0n) is 19.8. The average Bonchev–Trinajstić information content (AvgIpc) is 2.77. The van der Waals surface area contributed by atoms with Crippen molar-refractivity contribution in [1.29, 1.82) is 0 Å². The number of alkyl halides is 3. The van der Waals surface area contributed by atoms with Gasteiger partial charge in [0.1, 0.15) is 5.83 Å². The number of hydrogen-bond acceptors (Lipinski definition) is 0. The monoisotopic (exact) mass is 452 g/mol. The molecule has 1 aromatic carbocycles. The molecule has 1 unspecified atom stereocenters. The molecule has 32 heavy (non-hydrogen) atoms. The van der Waals surface area contributed by atoms with Crippen molar-refractivity contribution in [2.45, 2.75) is 103 Å². The third-order valence-corrected chi connectivity index (χ3v) is 8.15. The lowest BCUT2D eigenvalue weighted by Crippen LogP contribution is -2.20. The zero-order chi connectivity index (χ0) is 23.1. The van der Waals surface area contributed by atoms with Crippen molar-refractivity contribution in [2.75, 3.05) is 0 Å². The summed E-state index contributed by atoms with van der Waals surface area (Å²) in [6.45, 7) is 4.71. The first kappa shape index (κ1) is 25.3. The molecule has 0 aromatic heterocycles. The minimum Gasteiger partial charge on any atom is -0.212 e. The Balaban J connectivity index is 1.41. The summed E-state index contributed by atoms with van der Waals surface area (Å²) in [4.78, 5) is 0. The summed E-state index contributed by atoms with van der Waals surface area (Å²) in [6, 6.07) is 8.82. The molecular formula is C28H40F4. The fraction of sp³-hybridized carbons (Fsp3) is 0.714. The van der Waals surface area contributed by atoms with E-state index in [1.165, 1.54) is 56.1 Å². The molecule has 0 nitrogen and oxygen atoms in total. The van der Waals surface area contributed by atoms with Crippen molar-refractivity contribution in [1.82, 2.24) is 0 Å². The summed E-state index contributed by atoms with van der Waals surface area (Å²) < 4.78 is 51.0. The summed E-state index contributed by atoms with van der Waals surface area (Å²) in [5.74, 6) is 1.42. The zero-order valence-corrected chi connectivity index (χ0v) is 19.8. The van der Waals surface area contributed by atoms with E-state index in [0.717, 1.165) is 37.0 Å². The van der Waals surface area contributed by atoms with Crippen LogP contribution in [0.25, 0.3) is 0 Å². The molecule has 2 saturated carbocycles. The molecule has 2 aliphatic rings. The van der Waals surface area contributed by atoms with Crippen molar-refractivity contribution >= 4 is 0 Å². The number of allylic oxidation sites excluding steroid dienone is 2. The van der Waals surface area contributed by atoms with Crippen LogP contribution in [0, 0.1) is 23.7 Å². The molecule has 0 N–H and O–H groups in total. The van der Waals surface area contributed by atoms with Crippen LogP contribution in [0.2, 0.25) is 0 Å². The molecule has 2 fully saturated rings. The van der Waals surface area contributed by atoms with Gasteiger partial charge in [0.25, 0.3) is 0 Å². The average molecular weight is 453 g/mol. The summed E-state index contributed by atoms with van der Waals surface area (Å²) >= 11 is 0. The van der Waals surface area contributed by atoms with Crippen molar-refractivity contribution in [3.63, 3.8) is 0 Å². The van der Waals surface area contributed by atoms with Crippen LogP contribution in [-0.2, 0) is 6.42 Å². The van der Waals surface area contributed by atoms with Gasteiger partial charge in [-0.15, -0.1) is 0 Å². The van der Waals surface area contributed by atoms with Crippen LogP contribution >= 0.6 is 0 Å². The number of hydrogen-bond donors (Lipinski definition) is 0. The highest BCUT2D eigenvalue weighted by Crippen LogP contribution is 2.40. The smallest absolute Gasteiger partial charge is 0.212 e. The predicted molar refractivity (Wildman–Crippen MR) is 124 cm³/mol. The third-order valence-electron chi connectivity index (χ3n) is 8.15. The van der Waals surface area contributed by atoms with Gasteiger partial charge in [-0.05, 0) is 86.2 Å². The topological polar surface area (TPSA) is 0 Å². The SMILES string of the molecule is CCCC(C)C1CCC(CCc2ccc(C3CCC(/C(F)=C/C(F)(F)F)CC3)cc2)CC1. The largest absolute Gasteiger partial charge is 0.412 e. The Bertz CT molecular complexity index is 702. The van der Waals surface area contributed by atoms with Crippen LogP contribution in [0.15, 0.2) is 36.2 Å². The highest BCUT2D eigenvalue weighted by Gasteiger charge is 2.30. The molecule has 0 heterocycles. The van der Waals surface area contributed by atoms with E-state index in [2.05, 4.69) is 38.1 Å². The predicted octanol–water partition coefficient (Wildman–Crippen LogP) is 9.55. The molecule has 180 valence electrons. The van der Waals surface area contributed by atoms with Gasteiger partial charge in [-0.1, -0.05) is 63.8 Å². The fourth-order valence-corrected chi connectivity index (χ4v) is 6.04. The quantitative estimate of drug-likeness (QED) is 0.344. The molecule has 0 aliphatic heterocycles. The third kappa shape index (κ3) is 7.63. The molecule has 3 rings (SSSR count). The van der Waals surface area contributed by atoms with E-state index in [1.54, 1.807) is 0 Å². The first-order valence-electron chi connectivity index (χ1n) is 12.8. The van der Waals surface area contributed by atoms with Gasteiger partial charge < -0.3 is 0 Å². The number of rotatable bonds is 8. The molecule has 2 aliphatic carbocycles. The molecule has 4 heteroatoms. The van der Waals surface area contributed by atoms with Crippen molar-refractivity contribution < 1.29 is 17.6 Å².